The van der Waals surface area contributed by atoms with Gasteiger partial charge < -0.3 is 9.84 Å². The monoisotopic (exact) mass is 287 g/mol. The SMILES string of the molecule is CC[C@@H](C)NS(=O)(=O)c1ccc(OC)c(C(=O)O)c1. The lowest BCUT2D eigenvalue weighted by molar-refractivity contribution is 0.0693. The number of hydrogen-bond acceptors (Lipinski definition) is 4. The van der Waals surface area contributed by atoms with Gasteiger partial charge in [-0.1, -0.05) is 6.92 Å². The molecule has 0 heterocycles. The quantitative estimate of drug-likeness (QED) is 0.826. The second kappa shape index (κ2) is 6.03. The molecule has 2 N–H and O–H groups in total. The summed E-state index contributed by atoms with van der Waals surface area (Å²) >= 11 is 0. The number of aromatic carboxylic acids is 1. The minimum Gasteiger partial charge on any atom is -0.496 e. The number of methoxy groups -OCH3 is 1. The molecular weight excluding hydrogens is 270 g/mol. The van der Waals surface area contributed by atoms with Crippen LogP contribution in [0, 0.1) is 0 Å². The number of carboxylic acid groups (broad SMARTS) is 1. The highest BCUT2D eigenvalue weighted by atomic mass is 32.2. The van der Waals surface area contributed by atoms with Crippen LogP contribution in [-0.4, -0.2) is 32.6 Å². The molecule has 0 aliphatic rings. The lowest BCUT2D eigenvalue weighted by Gasteiger charge is -2.13. The summed E-state index contributed by atoms with van der Waals surface area (Å²) in [5.41, 5.74) is -0.186. The first kappa shape index (κ1) is 15.5. The predicted octanol–water partition coefficient (Wildman–Crippen LogP) is 1.47. The zero-order valence-electron chi connectivity index (χ0n) is 11.0. The average Bonchev–Trinajstić information content (AvgIpc) is 2.37. The van der Waals surface area contributed by atoms with Crippen molar-refractivity contribution < 1.29 is 23.1 Å². The molecular formula is C12H17NO5S. The second-order valence-electron chi connectivity index (χ2n) is 4.10. The number of ether oxygens (including phenoxy) is 1. The third-order valence-electron chi connectivity index (χ3n) is 2.68. The van der Waals surface area contributed by atoms with Crippen molar-refractivity contribution in [2.24, 2.45) is 0 Å². The number of rotatable bonds is 6. The maximum atomic E-state index is 12.0. The first-order chi connectivity index (χ1) is 8.81. The average molecular weight is 287 g/mol. The summed E-state index contributed by atoms with van der Waals surface area (Å²) in [5, 5.41) is 9.02. The van der Waals surface area contributed by atoms with Crippen LogP contribution in [-0.2, 0) is 10.0 Å². The highest BCUT2D eigenvalue weighted by Gasteiger charge is 2.20. The van der Waals surface area contributed by atoms with Gasteiger partial charge in [-0.05, 0) is 31.5 Å². The summed E-state index contributed by atoms with van der Waals surface area (Å²) in [4.78, 5) is 11.0. The van der Waals surface area contributed by atoms with Crippen molar-refractivity contribution in [3.8, 4) is 5.75 Å². The van der Waals surface area contributed by atoms with Crippen LogP contribution in [0.4, 0.5) is 0 Å². The molecule has 19 heavy (non-hydrogen) atoms. The van der Waals surface area contributed by atoms with Gasteiger partial charge in [0.15, 0.2) is 0 Å². The number of benzene rings is 1. The maximum absolute atomic E-state index is 12.0. The van der Waals surface area contributed by atoms with E-state index in [1.54, 1.807) is 6.92 Å². The van der Waals surface area contributed by atoms with Gasteiger partial charge in [0.1, 0.15) is 11.3 Å². The Labute approximate surface area is 112 Å². The van der Waals surface area contributed by atoms with Crippen molar-refractivity contribution in [2.45, 2.75) is 31.2 Å². The zero-order valence-corrected chi connectivity index (χ0v) is 11.8. The van der Waals surface area contributed by atoms with E-state index in [9.17, 15) is 13.2 Å². The Hall–Kier alpha value is -1.60. The third-order valence-corrected chi connectivity index (χ3v) is 4.27. The van der Waals surface area contributed by atoms with Gasteiger partial charge in [0.25, 0.3) is 0 Å². The molecule has 0 aliphatic carbocycles. The normalized spacial score (nSPS) is 13.0. The van der Waals surface area contributed by atoms with E-state index in [0.717, 1.165) is 6.07 Å². The van der Waals surface area contributed by atoms with E-state index >= 15 is 0 Å². The molecule has 0 aliphatic heterocycles. The number of hydrogen-bond donors (Lipinski definition) is 2. The molecule has 0 amide bonds. The van der Waals surface area contributed by atoms with Gasteiger partial charge >= 0.3 is 5.97 Å². The molecule has 0 saturated heterocycles. The minimum atomic E-state index is -3.72. The second-order valence-corrected chi connectivity index (χ2v) is 5.81. The summed E-state index contributed by atoms with van der Waals surface area (Å²) in [7, 11) is -2.39. The third kappa shape index (κ3) is 3.68. The van der Waals surface area contributed by atoms with E-state index in [-0.39, 0.29) is 22.3 Å². The van der Waals surface area contributed by atoms with Gasteiger partial charge in [-0.3, -0.25) is 0 Å². The van der Waals surface area contributed by atoms with Crippen LogP contribution in [0.15, 0.2) is 23.1 Å². The number of nitrogens with one attached hydrogen (secondary N) is 1. The Morgan fingerprint density at radius 3 is 2.58 bits per heavy atom. The topological polar surface area (TPSA) is 92.7 Å². The molecule has 1 atom stereocenters. The van der Waals surface area contributed by atoms with E-state index in [1.165, 1.54) is 19.2 Å². The van der Waals surface area contributed by atoms with Gasteiger partial charge in [-0.25, -0.2) is 17.9 Å². The highest BCUT2D eigenvalue weighted by molar-refractivity contribution is 7.89. The largest absolute Gasteiger partial charge is 0.496 e. The number of carboxylic acids is 1. The summed E-state index contributed by atoms with van der Waals surface area (Å²) in [6.45, 7) is 3.59. The first-order valence-electron chi connectivity index (χ1n) is 5.75. The van der Waals surface area contributed by atoms with Gasteiger partial charge in [-0.15, -0.1) is 0 Å². The van der Waals surface area contributed by atoms with E-state index < -0.39 is 16.0 Å². The summed E-state index contributed by atoms with van der Waals surface area (Å²) in [5.74, 6) is -1.12. The van der Waals surface area contributed by atoms with E-state index in [4.69, 9.17) is 9.84 Å². The van der Waals surface area contributed by atoms with Crippen molar-refractivity contribution in [1.82, 2.24) is 4.72 Å². The standard InChI is InChI=1S/C12H17NO5S/c1-4-8(2)13-19(16,17)9-5-6-11(18-3)10(7-9)12(14)15/h5-8,13H,4H2,1-3H3,(H,14,15)/t8-/m1/s1. The van der Waals surface area contributed by atoms with Gasteiger partial charge in [0, 0.05) is 6.04 Å². The molecule has 6 nitrogen and oxygen atoms in total. The molecule has 0 spiro atoms. The van der Waals surface area contributed by atoms with E-state index in [0.29, 0.717) is 6.42 Å². The highest BCUT2D eigenvalue weighted by Crippen LogP contribution is 2.22. The van der Waals surface area contributed by atoms with Crippen LogP contribution in [0.5, 0.6) is 5.75 Å². The maximum Gasteiger partial charge on any atom is 0.339 e. The smallest absolute Gasteiger partial charge is 0.339 e. The predicted molar refractivity (Wildman–Crippen MR) is 70.0 cm³/mol. The van der Waals surface area contributed by atoms with Crippen molar-refractivity contribution >= 4 is 16.0 Å². The Morgan fingerprint density at radius 2 is 2.11 bits per heavy atom. The fourth-order valence-electron chi connectivity index (χ4n) is 1.44. The Bertz CT molecular complexity index is 567. The van der Waals surface area contributed by atoms with Crippen molar-refractivity contribution in [3.63, 3.8) is 0 Å². The lowest BCUT2D eigenvalue weighted by atomic mass is 10.2. The van der Waals surface area contributed by atoms with Crippen LogP contribution in [0.3, 0.4) is 0 Å². The summed E-state index contributed by atoms with van der Waals surface area (Å²) in [6.07, 6.45) is 0.640. The molecule has 0 fully saturated rings. The molecule has 0 unspecified atom stereocenters. The molecule has 0 saturated carbocycles. The summed E-state index contributed by atoms with van der Waals surface area (Å²) in [6, 6.07) is 3.51. The van der Waals surface area contributed by atoms with Gasteiger partial charge in [-0.2, -0.15) is 0 Å². The Balaban J connectivity index is 3.22. The first-order valence-corrected chi connectivity index (χ1v) is 7.23. The Kier molecular flexibility index (Phi) is 4.90. The Morgan fingerprint density at radius 1 is 1.47 bits per heavy atom. The van der Waals surface area contributed by atoms with Crippen LogP contribution < -0.4 is 9.46 Å². The molecule has 7 heteroatoms. The molecule has 1 rings (SSSR count). The molecule has 0 radical (unpaired) electrons. The van der Waals surface area contributed by atoms with Crippen LogP contribution >= 0.6 is 0 Å². The zero-order chi connectivity index (χ0) is 14.6. The fraction of sp³-hybridized carbons (Fsp3) is 0.417. The summed E-state index contributed by atoms with van der Waals surface area (Å²) < 4.78 is 31.4. The number of carbonyl (C=O) groups is 1. The van der Waals surface area contributed by atoms with Crippen molar-refractivity contribution in [1.29, 1.82) is 0 Å². The van der Waals surface area contributed by atoms with Crippen molar-refractivity contribution in [3.05, 3.63) is 23.8 Å². The lowest BCUT2D eigenvalue weighted by Crippen LogP contribution is -2.32. The molecule has 0 aromatic heterocycles. The molecule has 106 valence electrons. The van der Waals surface area contributed by atoms with Gasteiger partial charge in [0.2, 0.25) is 10.0 Å². The molecule has 0 bridgehead atoms. The van der Waals surface area contributed by atoms with Crippen LogP contribution in [0.1, 0.15) is 30.6 Å². The minimum absolute atomic E-state index is 0.0917. The van der Waals surface area contributed by atoms with Crippen molar-refractivity contribution in [2.75, 3.05) is 7.11 Å². The fourth-order valence-corrected chi connectivity index (χ4v) is 2.79. The van der Waals surface area contributed by atoms with Crippen LogP contribution in [0.2, 0.25) is 0 Å². The van der Waals surface area contributed by atoms with E-state index in [2.05, 4.69) is 4.72 Å². The molecule has 1 aromatic rings. The van der Waals surface area contributed by atoms with Crippen LogP contribution in [0.25, 0.3) is 0 Å². The van der Waals surface area contributed by atoms with E-state index in [1.807, 2.05) is 6.92 Å². The van der Waals surface area contributed by atoms with Gasteiger partial charge in [0.05, 0.1) is 12.0 Å². The molecule has 1 aromatic carbocycles. The number of sulfonamides is 1.